The van der Waals surface area contributed by atoms with Crippen molar-refractivity contribution < 1.29 is 26.5 Å². The molecular weight excluding hydrogens is 1690 g/mol. The van der Waals surface area contributed by atoms with Gasteiger partial charge in [0.2, 0.25) is 17.1 Å². The summed E-state index contributed by atoms with van der Waals surface area (Å²) in [7, 11) is 0. The van der Waals surface area contributed by atoms with Crippen molar-refractivity contribution in [3.05, 3.63) is 437 Å². The predicted molar refractivity (Wildman–Crippen MR) is 564 cm³/mol. The molecule has 0 aliphatic heterocycles. The summed E-state index contributed by atoms with van der Waals surface area (Å²) < 4.78 is 38.3. The van der Waals surface area contributed by atoms with E-state index in [0.717, 1.165) is 254 Å². The molecule has 9 aromatic heterocycles. The molecule has 0 aliphatic rings. The highest BCUT2D eigenvalue weighted by Gasteiger charge is 2.24. The van der Waals surface area contributed by atoms with E-state index in [1.807, 2.05) is 85.3 Å². The van der Waals surface area contributed by atoms with Crippen LogP contribution in [-0.4, -0.2) is 29.9 Å². The number of hydrogen-bond acceptors (Lipinski definition) is 12. The average Bonchev–Trinajstić information content (AvgIpc) is 1.58. The monoisotopic (exact) mass is 1760 g/mol. The van der Waals surface area contributed by atoms with Crippen molar-refractivity contribution in [2.45, 2.75) is 0 Å². The Labute approximate surface area is 785 Å². The molecule has 30 rings (SSSR count). The fourth-order valence-corrected chi connectivity index (χ4v) is 20.8. The van der Waals surface area contributed by atoms with Crippen molar-refractivity contribution in [1.82, 2.24) is 29.9 Å². The van der Waals surface area contributed by atoms with Gasteiger partial charge < -0.3 is 26.5 Å². The number of nitrogens with zero attached hydrogens (tertiary/aromatic N) is 6. The van der Waals surface area contributed by atoms with Crippen LogP contribution in [0.2, 0.25) is 0 Å². The zero-order chi connectivity index (χ0) is 90.6. The van der Waals surface area contributed by atoms with Gasteiger partial charge >= 0.3 is 0 Å². The molecule has 0 radical (unpaired) electrons. The summed E-state index contributed by atoms with van der Waals surface area (Å²) in [5.41, 5.74) is 30.2. The molecule has 30 aromatic rings. The van der Waals surface area contributed by atoms with Crippen molar-refractivity contribution in [3.8, 4) is 101 Å². The SMILES string of the molecule is c1cc(-c2cccc(-c3cc4ccccc4c4c3oc3ccccc34)c2)cc(-c2cnc3c(n2)oc2ccc4ccccc4c23)c1.c1cc(-c2cccc(-c3cccc4c3oc3c5ccccc5ccc43)c2)cc(-c2cnc3c(n2)oc2ccc4ccccc4c23)c1.c1cc(-c2cccc(-c3cccc4c3oc3ccc5ccccc5c34)c2)cc(-c2cnc3c(n2)oc2ccc4ccccc4c23)c1. The molecule has 0 atom stereocenters. The van der Waals surface area contributed by atoms with Crippen molar-refractivity contribution in [2.24, 2.45) is 0 Å². The molecule has 0 saturated carbocycles. The summed E-state index contributed by atoms with van der Waals surface area (Å²) in [6, 6.07) is 146. The van der Waals surface area contributed by atoms with Crippen LogP contribution in [0.15, 0.2) is 464 Å². The van der Waals surface area contributed by atoms with Gasteiger partial charge in [-0.25, -0.2) is 29.9 Å². The molecular formula is C126H72N6O6. The first-order valence-corrected chi connectivity index (χ1v) is 46.2. The third-order valence-electron chi connectivity index (χ3n) is 27.4. The van der Waals surface area contributed by atoms with E-state index in [-0.39, 0.29) is 0 Å². The molecule has 642 valence electrons. The molecule has 21 aromatic carbocycles. The van der Waals surface area contributed by atoms with Crippen LogP contribution in [0.5, 0.6) is 0 Å². The lowest BCUT2D eigenvalue weighted by Gasteiger charge is -2.10. The molecule has 9 heterocycles. The minimum atomic E-state index is 0.544. The van der Waals surface area contributed by atoms with Crippen LogP contribution in [0.1, 0.15) is 0 Å². The Morgan fingerprint density at radius 3 is 0.891 bits per heavy atom. The first-order valence-electron chi connectivity index (χ1n) is 46.2. The summed E-state index contributed by atoms with van der Waals surface area (Å²) in [5, 5.41) is 23.8. The Kier molecular flexibility index (Phi) is 17.8. The van der Waals surface area contributed by atoms with E-state index in [4.69, 9.17) is 56.4 Å². The van der Waals surface area contributed by atoms with Gasteiger partial charge in [0, 0.05) is 71.1 Å². The van der Waals surface area contributed by atoms with Gasteiger partial charge in [-0.15, -0.1) is 0 Å². The topological polar surface area (TPSA) is 156 Å². The van der Waals surface area contributed by atoms with Crippen LogP contribution in [-0.2, 0) is 0 Å². The molecule has 0 saturated heterocycles. The fourth-order valence-electron chi connectivity index (χ4n) is 20.8. The molecule has 138 heavy (non-hydrogen) atoms. The molecule has 0 bridgehead atoms. The van der Waals surface area contributed by atoms with E-state index in [2.05, 4.69) is 352 Å². The minimum absolute atomic E-state index is 0.544. The van der Waals surface area contributed by atoms with Gasteiger partial charge in [0.05, 0.1) is 51.8 Å². The summed E-state index contributed by atoms with van der Waals surface area (Å²) in [4.78, 5) is 29.3. The number of fused-ring (bicyclic) bond motifs is 30. The van der Waals surface area contributed by atoms with Crippen LogP contribution >= 0.6 is 0 Å². The van der Waals surface area contributed by atoms with E-state index in [1.54, 1.807) is 0 Å². The normalized spacial score (nSPS) is 11.9. The molecule has 12 nitrogen and oxygen atoms in total. The van der Waals surface area contributed by atoms with E-state index < -0.39 is 0 Å². The molecule has 0 fully saturated rings. The molecule has 0 amide bonds. The molecule has 0 unspecified atom stereocenters. The summed E-state index contributed by atoms with van der Waals surface area (Å²) in [6.45, 7) is 0. The van der Waals surface area contributed by atoms with Gasteiger partial charge in [0.25, 0.3) is 0 Å². The van der Waals surface area contributed by atoms with Gasteiger partial charge in [-0.05, 0) is 188 Å². The Bertz CT molecular complexity index is 10100. The van der Waals surface area contributed by atoms with Gasteiger partial charge in [-0.3, -0.25) is 0 Å². The van der Waals surface area contributed by atoms with Crippen LogP contribution in [0, 0.1) is 0 Å². The van der Waals surface area contributed by atoms with E-state index in [0.29, 0.717) is 17.1 Å². The maximum absolute atomic E-state index is 6.63. The lowest BCUT2D eigenvalue weighted by Crippen LogP contribution is -1.88. The quantitative estimate of drug-likeness (QED) is 0.135. The Morgan fingerprint density at radius 1 is 0.152 bits per heavy atom. The molecule has 0 aliphatic carbocycles. The maximum atomic E-state index is 6.63. The second-order valence-electron chi connectivity index (χ2n) is 35.3. The highest BCUT2D eigenvalue weighted by molar-refractivity contribution is 6.25. The zero-order valence-electron chi connectivity index (χ0n) is 73.7. The highest BCUT2D eigenvalue weighted by atomic mass is 16.4. The summed E-state index contributed by atoms with van der Waals surface area (Å²) in [5.74, 6) is 0. The number of rotatable bonds is 9. The number of para-hydroxylation sites is 3. The van der Waals surface area contributed by atoms with Crippen LogP contribution < -0.4 is 0 Å². The van der Waals surface area contributed by atoms with Crippen molar-refractivity contribution in [3.63, 3.8) is 0 Å². The zero-order valence-corrected chi connectivity index (χ0v) is 73.7. The third-order valence-corrected chi connectivity index (χ3v) is 27.4. The first-order chi connectivity index (χ1) is 68.3. The fraction of sp³-hybridized carbons (Fsp3) is 0. The molecule has 0 spiro atoms. The minimum Gasteiger partial charge on any atom is -0.455 e. The largest absolute Gasteiger partial charge is 0.455 e. The van der Waals surface area contributed by atoms with Crippen LogP contribution in [0.3, 0.4) is 0 Å². The molecule has 0 N–H and O–H groups in total. The lowest BCUT2D eigenvalue weighted by atomic mass is 9.94. The number of benzene rings is 21. The third kappa shape index (κ3) is 12.9. The second-order valence-corrected chi connectivity index (χ2v) is 35.3. The maximum Gasteiger partial charge on any atom is 0.246 e. The Morgan fingerprint density at radius 2 is 0.449 bits per heavy atom. The predicted octanol–water partition coefficient (Wildman–Crippen LogP) is 34.7. The van der Waals surface area contributed by atoms with Crippen LogP contribution in [0.25, 0.3) is 298 Å². The van der Waals surface area contributed by atoms with Crippen LogP contribution in [0.4, 0.5) is 0 Å². The highest BCUT2D eigenvalue weighted by Crippen LogP contribution is 2.48. The summed E-state index contributed by atoms with van der Waals surface area (Å²) >= 11 is 0. The van der Waals surface area contributed by atoms with Crippen molar-refractivity contribution in [1.29, 1.82) is 0 Å². The van der Waals surface area contributed by atoms with Gasteiger partial charge in [-0.1, -0.05) is 340 Å². The first kappa shape index (κ1) is 77.9. The smallest absolute Gasteiger partial charge is 0.246 e. The van der Waals surface area contributed by atoms with E-state index >= 15 is 0 Å². The average molecular weight is 1770 g/mol. The van der Waals surface area contributed by atoms with E-state index in [1.165, 1.54) is 26.9 Å². The summed E-state index contributed by atoms with van der Waals surface area (Å²) in [6.07, 6.45) is 5.54. The van der Waals surface area contributed by atoms with Crippen molar-refractivity contribution in [2.75, 3.05) is 0 Å². The van der Waals surface area contributed by atoms with Gasteiger partial charge in [0.1, 0.15) is 66.8 Å². The Hall–Kier alpha value is -18.8. The standard InChI is InChI=1S/3C42H24N2O2/c1-3-14-31-25(8-1)19-21-37-38(31)39-42(45-37)44-36(24-43-39)30-13-6-11-28(23-30)27-10-5-12-29(22-27)33-16-7-17-34-35-20-18-26-9-2-4-15-32(26)40(35)46-41(33)34;1-3-14-31-25(8-1)18-20-36-38(31)34-17-7-16-33(41(34)45-36)29-12-5-10-27(22-29)28-11-6-13-30(23-28)35-24-43-40-39-32-15-4-2-9-26(32)19-21-37(39)46-42(40)44-35;1-3-15-31-25(9-1)19-20-37-39(31)40-42(46-37)44-35(24-43-40)30-14-8-12-27(22-30)26-11-7-13-28(21-26)34-23-29-10-2-4-16-32(29)38-33-17-5-6-18-36(33)45-41(34)38/h3*1-24H. The van der Waals surface area contributed by atoms with Gasteiger partial charge in [0.15, 0.2) is 0 Å². The number of hydrogen-bond donors (Lipinski definition) is 0. The number of aromatic nitrogens is 6. The molecule has 12 heteroatoms. The van der Waals surface area contributed by atoms with Gasteiger partial charge in [-0.2, -0.15) is 0 Å². The number of furan rings is 6. The van der Waals surface area contributed by atoms with Crippen molar-refractivity contribution >= 4 is 197 Å². The van der Waals surface area contributed by atoms with E-state index in [9.17, 15) is 0 Å². The Balaban J connectivity index is 0.000000102. The lowest BCUT2D eigenvalue weighted by molar-refractivity contribution is 0.653. The second kappa shape index (κ2) is 31.5.